The normalized spacial score (nSPS) is 25.9. The summed E-state index contributed by atoms with van der Waals surface area (Å²) in [6.07, 6.45) is 1.11. The van der Waals surface area contributed by atoms with Crippen molar-refractivity contribution < 1.29 is 24.4 Å². The van der Waals surface area contributed by atoms with E-state index in [1.54, 1.807) is 0 Å². The molecule has 0 aromatic rings. The minimum absolute atomic E-state index is 0.0779. The lowest BCUT2D eigenvalue weighted by atomic mass is 9.95. The molecule has 0 saturated carbocycles. The standard InChI is InChI=1S/C7H17NO2.C7H14O3/c1-2-4-9-6-7-10-5-3-8;1-5-2-3-10-6(4-8)7(5)9/h2-8H2,1H3;5-9H,2-4H2,1H3. The van der Waals surface area contributed by atoms with Crippen molar-refractivity contribution in [1.82, 2.24) is 0 Å². The molecule has 3 unspecified atom stereocenters. The van der Waals surface area contributed by atoms with Crippen LogP contribution in [0.2, 0.25) is 0 Å². The monoisotopic (exact) mass is 293 g/mol. The van der Waals surface area contributed by atoms with Crippen LogP contribution in [0.3, 0.4) is 0 Å². The average molecular weight is 293 g/mol. The van der Waals surface area contributed by atoms with Crippen LogP contribution >= 0.6 is 0 Å². The molecule has 6 nitrogen and oxygen atoms in total. The van der Waals surface area contributed by atoms with E-state index in [1.165, 1.54) is 0 Å². The summed E-state index contributed by atoms with van der Waals surface area (Å²) >= 11 is 0. The molecule has 0 radical (unpaired) electrons. The van der Waals surface area contributed by atoms with E-state index in [0.717, 1.165) is 19.4 Å². The first-order chi connectivity index (χ1) is 9.67. The van der Waals surface area contributed by atoms with Gasteiger partial charge in [-0.3, -0.25) is 0 Å². The van der Waals surface area contributed by atoms with Crippen molar-refractivity contribution in [3.05, 3.63) is 0 Å². The molecule has 1 aliphatic heterocycles. The molecular formula is C14H31NO5. The zero-order valence-electron chi connectivity index (χ0n) is 12.8. The number of aliphatic hydroxyl groups excluding tert-OH is 2. The summed E-state index contributed by atoms with van der Waals surface area (Å²) in [5.74, 6) is 0.255. The van der Waals surface area contributed by atoms with Gasteiger partial charge in [0.25, 0.3) is 0 Å². The highest BCUT2D eigenvalue weighted by molar-refractivity contribution is 4.77. The van der Waals surface area contributed by atoms with Crippen LogP contribution in [0.4, 0.5) is 0 Å². The second kappa shape index (κ2) is 13.7. The van der Waals surface area contributed by atoms with Crippen LogP contribution in [0.1, 0.15) is 26.7 Å². The van der Waals surface area contributed by atoms with Crippen molar-refractivity contribution in [2.24, 2.45) is 11.7 Å². The summed E-state index contributed by atoms with van der Waals surface area (Å²) in [6.45, 7) is 8.03. The van der Waals surface area contributed by atoms with Crippen molar-refractivity contribution in [3.8, 4) is 0 Å². The van der Waals surface area contributed by atoms with Crippen LogP contribution in [0.5, 0.6) is 0 Å². The highest BCUT2D eigenvalue weighted by Gasteiger charge is 2.28. The van der Waals surface area contributed by atoms with Gasteiger partial charge < -0.3 is 30.2 Å². The van der Waals surface area contributed by atoms with Gasteiger partial charge in [0, 0.05) is 19.8 Å². The third kappa shape index (κ3) is 9.63. The van der Waals surface area contributed by atoms with E-state index in [-0.39, 0.29) is 18.6 Å². The zero-order chi connectivity index (χ0) is 15.2. The molecule has 20 heavy (non-hydrogen) atoms. The van der Waals surface area contributed by atoms with Gasteiger partial charge in [-0.2, -0.15) is 0 Å². The van der Waals surface area contributed by atoms with Crippen LogP contribution in [-0.2, 0) is 14.2 Å². The fourth-order valence-corrected chi connectivity index (χ4v) is 1.75. The molecule has 0 aromatic heterocycles. The molecule has 0 aromatic carbocycles. The predicted molar refractivity (Wildman–Crippen MR) is 77.6 cm³/mol. The summed E-state index contributed by atoms with van der Waals surface area (Å²) in [7, 11) is 0. The van der Waals surface area contributed by atoms with E-state index in [0.29, 0.717) is 33.0 Å². The van der Waals surface area contributed by atoms with Crippen LogP contribution in [-0.4, -0.2) is 68.6 Å². The van der Waals surface area contributed by atoms with E-state index in [2.05, 4.69) is 6.92 Å². The quantitative estimate of drug-likeness (QED) is 0.552. The van der Waals surface area contributed by atoms with E-state index in [9.17, 15) is 5.11 Å². The first kappa shape index (κ1) is 19.8. The van der Waals surface area contributed by atoms with E-state index in [1.807, 2.05) is 6.92 Å². The Kier molecular flexibility index (Phi) is 13.6. The summed E-state index contributed by atoms with van der Waals surface area (Å²) < 4.78 is 15.4. The van der Waals surface area contributed by atoms with Gasteiger partial charge in [-0.1, -0.05) is 13.8 Å². The van der Waals surface area contributed by atoms with Gasteiger partial charge in [0.2, 0.25) is 0 Å². The Balaban J connectivity index is 0.000000361. The minimum atomic E-state index is -0.487. The molecule has 3 atom stereocenters. The predicted octanol–water partition coefficient (Wildman–Crippen LogP) is 0.153. The highest BCUT2D eigenvalue weighted by Crippen LogP contribution is 2.19. The van der Waals surface area contributed by atoms with E-state index < -0.39 is 6.10 Å². The van der Waals surface area contributed by atoms with Gasteiger partial charge in [-0.25, -0.2) is 0 Å². The van der Waals surface area contributed by atoms with Gasteiger partial charge in [0.05, 0.1) is 32.5 Å². The number of hydrogen-bond acceptors (Lipinski definition) is 6. The van der Waals surface area contributed by atoms with Gasteiger partial charge in [-0.05, 0) is 18.8 Å². The fourth-order valence-electron chi connectivity index (χ4n) is 1.75. The first-order valence-corrected chi connectivity index (χ1v) is 7.43. The van der Waals surface area contributed by atoms with Crippen molar-refractivity contribution in [1.29, 1.82) is 0 Å². The van der Waals surface area contributed by atoms with Gasteiger partial charge >= 0.3 is 0 Å². The van der Waals surface area contributed by atoms with Gasteiger partial charge in [-0.15, -0.1) is 0 Å². The molecule has 1 aliphatic rings. The molecule has 122 valence electrons. The Morgan fingerprint density at radius 1 is 1.20 bits per heavy atom. The lowest BCUT2D eigenvalue weighted by Gasteiger charge is -2.31. The number of hydrogen-bond donors (Lipinski definition) is 3. The van der Waals surface area contributed by atoms with Crippen LogP contribution < -0.4 is 5.73 Å². The zero-order valence-corrected chi connectivity index (χ0v) is 12.8. The maximum atomic E-state index is 9.35. The molecule has 4 N–H and O–H groups in total. The molecule has 0 bridgehead atoms. The third-order valence-electron chi connectivity index (χ3n) is 3.03. The number of aliphatic hydroxyl groups is 2. The number of nitrogens with two attached hydrogens (primary N) is 1. The Morgan fingerprint density at radius 2 is 1.85 bits per heavy atom. The molecule has 1 saturated heterocycles. The molecular weight excluding hydrogens is 262 g/mol. The van der Waals surface area contributed by atoms with Crippen molar-refractivity contribution >= 4 is 0 Å². The SMILES string of the molecule is CC1CCOC(CO)C1O.CCCOCCOCCN. The van der Waals surface area contributed by atoms with Crippen LogP contribution in [0.25, 0.3) is 0 Å². The van der Waals surface area contributed by atoms with E-state index in [4.69, 9.17) is 25.1 Å². The Labute approximate surface area is 122 Å². The average Bonchev–Trinajstić information content (AvgIpc) is 2.46. The summed E-state index contributed by atoms with van der Waals surface area (Å²) in [6, 6.07) is 0. The second-order valence-electron chi connectivity index (χ2n) is 4.86. The molecule has 1 heterocycles. The third-order valence-corrected chi connectivity index (χ3v) is 3.03. The Morgan fingerprint density at radius 3 is 2.35 bits per heavy atom. The largest absolute Gasteiger partial charge is 0.394 e. The van der Waals surface area contributed by atoms with Gasteiger partial charge in [0.15, 0.2) is 0 Å². The van der Waals surface area contributed by atoms with Crippen LogP contribution in [0.15, 0.2) is 0 Å². The number of ether oxygens (including phenoxy) is 3. The molecule has 0 aliphatic carbocycles. The van der Waals surface area contributed by atoms with Gasteiger partial charge in [0.1, 0.15) is 6.10 Å². The minimum Gasteiger partial charge on any atom is -0.394 e. The smallest absolute Gasteiger partial charge is 0.107 e. The summed E-state index contributed by atoms with van der Waals surface area (Å²) in [4.78, 5) is 0. The first-order valence-electron chi connectivity index (χ1n) is 7.43. The maximum Gasteiger partial charge on any atom is 0.107 e. The fraction of sp³-hybridized carbons (Fsp3) is 1.00. The Hall–Kier alpha value is -0.240. The maximum absolute atomic E-state index is 9.35. The van der Waals surface area contributed by atoms with Crippen molar-refractivity contribution in [2.45, 2.75) is 38.9 Å². The van der Waals surface area contributed by atoms with Crippen molar-refractivity contribution in [2.75, 3.05) is 46.2 Å². The second-order valence-corrected chi connectivity index (χ2v) is 4.86. The Bertz CT molecular complexity index is 198. The summed E-state index contributed by atoms with van der Waals surface area (Å²) in [5.41, 5.74) is 5.20. The molecule has 0 amide bonds. The lowest BCUT2D eigenvalue weighted by molar-refractivity contribution is -0.118. The lowest BCUT2D eigenvalue weighted by Crippen LogP contribution is -2.41. The van der Waals surface area contributed by atoms with Crippen molar-refractivity contribution in [3.63, 3.8) is 0 Å². The summed E-state index contributed by atoms with van der Waals surface area (Å²) in [5, 5.41) is 18.0. The highest BCUT2D eigenvalue weighted by atomic mass is 16.5. The number of rotatable bonds is 8. The topological polar surface area (TPSA) is 94.2 Å². The van der Waals surface area contributed by atoms with E-state index >= 15 is 0 Å². The molecule has 0 spiro atoms. The molecule has 6 heteroatoms. The molecule has 1 rings (SSSR count). The van der Waals surface area contributed by atoms with Crippen LogP contribution in [0, 0.1) is 5.92 Å². The molecule has 1 fully saturated rings.